The summed E-state index contributed by atoms with van der Waals surface area (Å²) in [5, 5.41) is 5.39. The second-order valence-corrected chi connectivity index (χ2v) is 16.6. The summed E-state index contributed by atoms with van der Waals surface area (Å²) in [4.78, 5) is 0. The molecule has 0 amide bonds. The Balaban J connectivity index is 0.000000422. The minimum absolute atomic E-state index is 0. The third-order valence-corrected chi connectivity index (χ3v) is 3.90. The van der Waals surface area contributed by atoms with E-state index in [2.05, 4.69) is 99.8 Å². The summed E-state index contributed by atoms with van der Waals surface area (Å²) < 4.78 is 0. The van der Waals surface area contributed by atoms with Gasteiger partial charge in [0.05, 0.1) is 0 Å². The van der Waals surface area contributed by atoms with Gasteiger partial charge in [-0.2, -0.15) is 6.08 Å². The maximum Gasteiger partial charge on any atom is -0.0771 e. The number of allylic oxidation sites excluding steroid dienone is 4. The molecule has 142 valence electrons. The van der Waals surface area contributed by atoms with Gasteiger partial charge in [-0.15, -0.1) is 39.7 Å². The normalized spacial score (nSPS) is 13.4. The number of benzene rings is 2. The van der Waals surface area contributed by atoms with Crippen LogP contribution >= 0.6 is 0 Å². The zero-order valence-electron chi connectivity index (χ0n) is 16.4. The van der Waals surface area contributed by atoms with E-state index in [1.807, 2.05) is 6.08 Å². The van der Waals surface area contributed by atoms with E-state index in [9.17, 15) is 0 Å². The molecule has 0 atom stereocenters. The Bertz CT molecular complexity index is 853. The minimum Gasteiger partial charge on any atom is -1.00 e. The summed E-state index contributed by atoms with van der Waals surface area (Å²) in [5.41, 5.74) is 0.591. The predicted molar refractivity (Wildman–Crippen MR) is 110 cm³/mol. The van der Waals surface area contributed by atoms with Gasteiger partial charge in [0.25, 0.3) is 0 Å². The third kappa shape index (κ3) is 9.01. The van der Waals surface area contributed by atoms with Crippen molar-refractivity contribution in [1.82, 2.24) is 0 Å². The Hall–Kier alpha value is -0.530. The third-order valence-electron chi connectivity index (χ3n) is 3.90. The van der Waals surface area contributed by atoms with Crippen LogP contribution in [0.15, 0.2) is 72.8 Å². The first-order valence-corrected chi connectivity index (χ1v) is 14.9. The molecule has 1 aliphatic rings. The molecule has 0 saturated heterocycles. The van der Waals surface area contributed by atoms with E-state index >= 15 is 0 Å². The summed E-state index contributed by atoms with van der Waals surface area (Å²) in [5.74, 6) is 0. The van der Waals surface area contributed by atoms with Crippen LogP contribution in [0.25, 0.3) is 21.5 Å². The fraction of sp³-hybridized carbons (Fsp3) is 0.261. The van der Waals surface area contributed by atoms with Gasteiger partial charge in [0, 0.05) is 0 Å². The van der Waals surface area contributed by atoms with Gasteiger partial charge in [-0.1, -0.05) is 62.1 Å². The standard InChI is InChI=1S/C13H9.C8H11.C2H6Si.2ClH.Zr/c1-3-7-12-10(5-1)9-11-6-2-4-8-13(11)12;1-8(2)6-4-3-5-7-8;1-3-2;;;/h1-9H;4-6H,7H2,1-2H3;1-2H3;2*1H;/q2*-1;;;;+2/p-2. The van der Waals surface area contributed by atoms with Crippen molar-refractivity contribution in [3.8, 4) is 0 Å². The largest absolute Gasteiger partial charge is 1.00 e. The molecule has 27 heavy (non-hydrogen) atoms. The van der Waals surface area contributed by atoms with Crippen LogP contribution in [0, 0.1) is 11.5 Å². The molecule has 0 radical (unpaired) electrons. The van der Waals surface area contributed by atoms with Crippen molar-refractivity contribution in [1.29, 1.82) is 0 Å². The molecule has 0 bridgehead atoms. The number of fused-ring (bicyclic) bond motifs is 3. The molecule has 0 fully saturated rings. The summed E-state index contributed by atoms with van der Waals surface area (Å²) in [6.07, 6.45) is 10.4. The molecule has 0 N–H and O–H groups in total. The van der Waals surface area contributed by atoms with Crippen molar-refractivity contribution < 1.29 is 48.1 Å². The molecular formula is C23H26Cl2SiZr-2. The Kier molecular flexibility index (Phi) is 12.6. The van der Waals surface area contributed by atoms with Crippen molar-refractivity contribution >= 4 is 27.0 Å². The Labute approximate surface area is 191 Å². The van der Waals surface area contributed by atoms with Crippen LogP contribution in [-0.2, 0) is 23.3 Å². The van der Waals surface area contributed by atoms with Gasteiger partial charge < -0.3 is 24.8 Å². The fourth-order valence-corrected chi connectivity index (χ4v) is 2.64. The predicted octanol–water partition coefficient (Wildman–Crippen LogP) is 0.836. The molecule has 0 aromatic heterocycles. The molecule has 0 saturated carbocycles. The van der Waals surface area contributed by atoms with Crippen LogP contribution in [0.5, 0.6) is 0 Å². The van der Waals surface area contributed by atoms with E-state index < -0.39 is 0 Å². The first-order valence-electron chi connectivity index (χ1n) is 8.69. The molecule has 0 nitrogen and oxygen atoms in total. The summed E-state index contributed by atoms with van der Waals surface area (Å²) >= 11 is 1.74. The number of hydrogen-bond donors (Lipinski definition) is 0. The maximum absolute atomic E-state index is 3.03. The van der Waals surface area contributed by atoms with Gasteiger partial charge in [-0.25, -0.2) is 12.2 Å². The van der Waals surface area contributed by atoms with E-state index in [1.54, 1.807) is 23.3 Å². The van der Waals surface area contributed by atoms with E-state index in [1.165, 1.54) is 21.5 Å². The van der Waals surface area contributed by atoms with Gasteiger partial charge in [0.15, 0.2) is 0 Å². The Morgan fingerprint density at radius 1 is 0.926 bits per heavy atom. The van der Waals surface area contributed by atoms with Crippen LogP contribution in [0.1, 0.15) is 20.3 Å². The van der Waals surface area contributed by atoms with E-state index in [4.69, 9.17) is 0 Å². The van der Waals surface area contributed by atoms with Gasteiger partial charge in [0.1, 0.15) is 0 Å². The molecule has 3 aromatic carbocycles. The van der Waals surface area contributed by atoms with Crippen molar-refractivity contribution in [3.63, 3.8) is 0 Å². The Morgan fingerprint density at radius 2 is 1.37 bits per heavy atom. The second-order valence-electron chi connectivity index (χ2n) is 7.22. The molecular weight excluding hydrogens is 466 g/mol. The second kappa shape index (κ2) is 12.8. The average Bonchev–Trinajstić information content (AvgIpc) is 2.93. The number of rotatable bonds is 0. The molecule has 1 aliphatic carbocycles. The fourth-order valence-electron chi connectivity index (χ4n) is 2.64. The van der Waals surface area contributed by atoms with Gasteiger partial charge in [-0.3, -0.25) is 6.08 Å². The summed E-state index contributed by atoms with van der Waals surface area (Å²) in [6, 6.07) is 19.3. The molecule has 4 rings (SSSR count). The van der Waals surface area contributed by atoms with Crippen molar-refractivity contribution in [3.05, 3.63) is 78.9 Å². The molecule has 0 unspecified atom stereocenters. The first kappa shape index (κ1) is 26.5. The average molecular weight is 493 g/mol. The van der Waals surface area contributed by atoms with E-state index in [-0.39, 0.29) is 30.2 Å². The van der Waals surface area contributed by atoms with Gasteiger partial charge >= 0.3 is 41.9 Å². The molecule has 3 aromatic rings. The molecule has 0 spiro atoms. The summed E-state index contributed by atoms with van der Waals surface area (Å²) in [6.45, 7) is 9.06. The quantitative estimate of drug-likeness (QED) is 0.322. The minimum atomic E-state index is 0. The van der Waals surface area contributed by atoms with Crippen molar-refractivity contribution in [2.75, 3.05) is 0 Å². The number of hydrogen-bond acceptors (Lipinski definition) is 0. The maximum atomic E-state index is 3.03. The zero-order valence-corrected chi connectivity index (χ0v) is 21.4. The van der Waals surface area contributed by atoms with Crippen molar-refractivity contribution in [2.24, 2.45) is 5.41 Å². The smallest absolute Gasteiger partial charge is 0.0771 e. The number of halogens is 2. The summed E-state index contributed by atoms with van der Waals surface area (Å²) in [7, 11) is 0. The molecule has 4 heteroatoms. The van der Waals surface area contributed by atoms with Gasteiger partial charge in [-0.05, 0) is 0 Å². The molecule has 0 aliphatic heterocycles. The van der Waals surface area contributed by atoms with Gasteiger partial charge in [0.2, 0.25) is 0 Å². The van der Waals surface area contributed by atoms with Crippen LogP contribution in [0.2, 0.25) is 13.1 Å². The van der Waals surface area contributed by atoms with Crippen LogP contribution in [0.3, 0.4) is 0 Å². The van der Waals surface area contributed by atoms with Crippen LogP contribution < -0.4 is 24.8 Å². The Morgan fingerprint density at radius 3 is 1.70 bits per heavy atom. The first-order chi connectivity index (χ1) is 11.9. The zero-order chi connectivity index (χ0) is 18.3. The van der Waals surface area contributed by atoms with Crippen molar-refractivity contribution in [2.45, 2.75) is 33.4 Å². The van der Waals surface area contributed by atoms with E-state index in [0.717, 1.165) is 6.42 Å². The monoisotopic (exact) mass is 490 g/mol. The van der Waals surface area contributed by atoms with Crippen LogP contribution in [-0.4, -0.2) is 5.43 Å². The van der Waals surface area contributed by atoms with E-state index in [0.29, 0.717) is 5.41 Å². The molecule has 0 heterocycles. The SMILES string of the molecule is CC1(C)C=C[C-]=CC1.C[Si](C)=[Zr+2].[Cl-].[Cl-].c1ccc2c(c1)[cH-]c1ccccc12. The topological polar surface area (TPSA) is 0 Å². The van der Waals surface area contributed by atoms with Crippen LogP contribution in [0.4, 0.5) is 0 Å².